The van der Waals surface area contributed by atoms with Crippen molar-refractivity contribution in [2.24, 2.45) is 11.3 Å². The number of fused-ring (bicyclic) bond motifs is 10. The van der Waals surface area contributed by atoms with Crippen molar-refractivity contribution in [3.05, 3.63) is 167 Å². The molecule has 28 heteroatoms. The first-order chi connectivity index (χ1) is 54.1. The van der Waals surface area contributed by atoms with Gasteiger partial charge in [0.2, 0.25) is 35.4 Å². The second kappa shape index (κ2) is 32.8. The van der Waals surface area contributed by atoms with Crippen LogP contribution in [0, 0.1) is 11.3 Å². The number of hydrogen-bond acceptors (Lipinski definition) is 19. The standard InChI is InChI=1S/C84H93N13O15/c1-48(2)76(90-74(100)42-87-73(99)41-86-72(98)26-27-75(101)94-45-55-14-9-10-15-61(55)77-78(97(49(3)4)92-91-77)62-16-11-12-17-65(62)94)80(103)88-50(5)79(102)89-58-23-18-51(19-24-58)46-112-83(106)96-66-38-71(69(109-8)36-63(66)81(104)95-47-84(28-29-84)39-67(95)82(96)105)111-31-13-30-110-70-37-64-57(35-68(70)108-7)44-93-43-56(33-59(93)40-85-64)53-20-21-54-34-60(107-6)25-22-52(54)32-53/h9-12,14-25,32,34-38,43,48-50,59,67,76,82,85,105H,13,26-31,33,39-42,44-47H2,1-8H3,(H,86,98)(H,87,99)(H,88,103)(H,89,102)(H,90,100)/t50-,59-,67-,76-,82?/m0/s1. The topological polar surface area (TPSA) is 328 Å². The number of nitrogens with zero attached hydrogens (tertiary/aromatic N) is 7. The molecule has 8 aromatic rings. The molecule has 14 rings (SSSR count). The Bertz CT molecular complexity index is 5000. The van der Waals surface area contributed by atoms with E-state index >= 15 is 0 Å². The third kappa shape index (κ3) is 16.3. The number of aliphatic hydroxyl groups is 1. The van der Waals surface area contributed by atoms with E-state index in [0.29, 0.717) is 60.1 Å². The minimum absolute atomic E-state index is 0.0270. The summed E-state index contributed by atoms with van der Waals surface area (Å²) >= 11 is 0. The maximum Gasteiger partial charge on any atom is 0.416 e. The number of anilines is 4. The maximum atomic E-state index is 14.6. The predicted molar refractivity (Wildman–Crippen MR) is 419 cm³/mol. The molecule has 1 aromatic heterocycles. The highest BCUT2D eigenvalue weighted by Gasteiger charge is 2.58. The smallest absolute Gasteiger partial charge is 0.416 e. The van der Waals surface area contributed by atoms with E-state index in [1.807, 2.05) is 91.3 Å². The molecule has 8 amide bonds. The molecule has 28 nitrogen and oxygen atoms in total. The van der Waals surface area contributed by atoms with Gasteiger partial charge in [-0.25, -0.2) is 14.4 Å². The van der Waals surface area contributed by atoms with Crippen molar-refractivity contribution in [2.45, 2.75) is 136 Å². The quantitative estimate of drug-likeness (QED) is 0.0248. The molecule has 5 aliphatic heterocycles. The Kier molecular flexibility index (Phi) is 22.4. The molecular formula is C84H93N13O15. The Morgan fingerprint density at radius 2 is 1.38 bits per heavy atom. The lowest BCUT2D eigenvalue weighted by atomic mass is 9.95. The number of aliphatic hydroxyl groups excluding tert-OH is 1. The number of rotatable bonds is 26. The zero-order valence-electron chi connectivity index (χ0n) is 63.9. The van der Waals surface area contributed by atoms with E-state index in [9.17, 15) is 43.5 Å². The highest BCUT2D eigenvalue weighted by molar-refractivity contribution is 6.07. The average Bonchev–Trinajstić information content (AvgIpc) is 1.57. The summed E-state index contributed by atoms with van der Waals surface area (Å²) in [4.78, 5) is 116. The van der Waals surface area contributed by atoms with Crippen LogP contribution in [-0.2, 0) is 53.2 Å². The Balaban J connectivity index is 0.538. The van der Waals surface area contributed by atoms with Crippen LogP contribution in [0.3, 0.4) is 0 Å². The Labute approximate surface area is 648 Å². The molecule has 1 spiro atoms. The van der Waals surface area contributed by atoms with Crippen molar-refractivity contribution >= 4 is 86.5 Å². The van der Waals surface area contributed by atoms with Crippen LogP contribution in [0.1, 0.15) is 118 Å². The van der Waals surface area contributed by atoms with Crippen LogP contribution in [-0.4, -0.2) is 168 Å². The monoisotopic (exact) mass is 1520 g/mol. The van der Waals surface area contributed by atoms with Crippen LogP contribution in [0.5, 0.6) is 28.7 Å². The fourth-order valence-corrected chi connectivity index (χ4v) is 15.4. The molecule has 7 aromatic carbocycles. The Morgan fingerprint density at radius 3 is 2.12 bits per heavy atom. The zero-order chi connectivity index (χ0) is 78.6. The maximum absolute atomic E-state index is 14.6. The van der Waals surface area contributed by atoms with Crippen LogP contribution >= 0.6 is 0 Å². The molecular weight excluding hydrogens is 1430 g/mol. The van der Waals surface area contributed by atoms with Gasteiger partial charge in [-0.15, -0.1) is 5.10 Å². The average molecular weight is 1520 g/mol. The number of ether oxygens (including phenoxy) is 6. The number of carbonyl (C=O) groups excluding carboxylic acids is 8. The number of aromatic nitrogens is 3. The summed E-state index contributed by atoms with van der Waals surface area (Å²) in [6.07, 6.45) is 3.08. The first kappa shape index (κ1) is 76.6. The molecule has 2 fully saturated rings. The number of hydrogen-bond donors (Lipinski definition) is 7. The van der Waals surface area contributed by atoms with E-state index in [-0.39, 0.29) is 91.3 Å². The van der Waals surface area contributed by atoms with Crippen LogP contribution in [0.2, 0.25) is 0 Å². The summed E-state index contributed by atoms with van der Waals surface area (Å²) < 4.78 is 37.6. The normalized spacial score (nSPS) is 17.4. The third-order valence-electron chi connectivity index (χ3n) is 21.7. The Morgan fingerprint density at radius 1 is 0.679 bits per heavy atom. The molecule has 1 unspecified atom stereocenters. The molecule has 0 radical (unpaired) electrons. The third-order valence-corrected chi connectivity index (χ3v) is 21.7. The summed E-state index contributed by atoms with van der Waals surface area (Å²) in [7, 11) is 4.76. The van der Waals surface area contributed by atoms with E-state index in [1.54, 1.807) is 62.1 Å². The van der Waals surface area contributed by atoms with Gasteiger partial charge >= 0.3 is 6.09 Å². The van der Waals surface area contributed by atoms with Crippen molar-refractivity contribution in [1.82, 2.24) is 46.1 Å². The number of nitrogens with one attached hydrogen (secondary N) is 6. The van der Waals surface area contributed by atoms with Gasteiger partial charge in [-0.3, -0.25) is 33.6 Å². The fourth-order valence-electron chi connectivity index (χ4n) is 15.4. The molecule has 1 saturated carbocycles. The van der Waals surface area contributed by atoms with Gasteiger partial charge in [0.15, 0.2) is 29.2 Å². The van der Waals surface area contributed by atoms with Gasteiger partial charge in [0.05, 0.1) is 88.9 Å². The van der Waals surface area contributed by atoms with Crippen LogP contribution in [0.25, 0.3) is 38.9 Å². The van der Waals surface area contributed by atoms with Crippen LogP contribution in [0.15, 0.2) is 140 Å². The van der Waals surface area contributed by atoms with Gasteiger partial charge in [0.25, 0.3) is 5.91 Å². The fraction of sp³-hybridized carbons (Fsp3) is 0.381. The second-order valence-corrected chi connectivity index (χ2v) is 30.0. The van der Waals surface area contributed by atoms with Gasteiger partial charge in [-0.2, -0.15) is 0 Å². The number of methoxy groups -OCH3 is 3. The molecule has 6 heterocycles. The molecule has 5 atom stereocenters. The van der Waals surface area contributed by atoms with Gasteiger partial charge < -0.3 is 80.1 Å². The van der Waals surface area contributed by atoms with Crippen molar-refractivity contribution in [3.63, 3.8) is 0 Å². The van der Waals surface area contributed by atoms with Crippen molar-refractivity contribution < 1.29 is 71.9 Å². The van der Waals surface area contributed by atoms with E-state index in [0.717, 1.165) is 80.9 Å². The predicted octanol–water partition coefficient (Wildman–Crippen LogP) is 9.87. The van der Waals surface area contributed by atoms with E-state index < -0.39 is 79.0 Å². The molecule has 6 aliphatic rings. The minimum atomic E-state index is -1.48. The van der Waals surface area contributed by atoms with Crippen molar-refractivity contribution in [2.75, 3.05) is 81.2 Å². The lowest BCUT2D eigenvalue weighted by Gasteiger charge is -2.31. The number of para-hydroxylation sites is 1. The molecule has 584 valence electrons. The summed E-state index contributed by atoms with van der Waals surface area (Å²) in [6.45, 7) is 10.1. The molecule has 112 heavy (non-hydrogen) atoms. The van der Waals surface area contributed by atoms with Crippen molar-refractivity contribution in [1.29, 1.82) is 0 Å². The molecule has 1 aliphatic carbocycles. The summed E-state index contributed by atoms with van der Waals surface area (Å²) in [5.41, 5.74) is 10.1. The van der Waals surface area contributed by atoms with Gasteiger partial charge in [-0.1, -0.05) is 91.9 Å². The SMILES string of the molecule is COc1ccc2cc(C3=CN4Cc5cc(OC)c(OCCCOc6cc7c(cc6OC)C(=O)N6CC8(CC8)C[C@H]6C(O)N7C(=O)OCc6ccc(NC(=O)[C@H](C)NC(=O)[C@@H](NC(=O)CNC(=O)CNC(=O)CCC(=O)N7Cc8ccccc8-c8nnn(C(C)C)c8-c8ccccc87)C(C)C)cc6)cc5NC[C@@H]4C3)ccc2c1. The summed E-state index contributed by atoms with van der Waals surface area (Å²) in [5, 5.41) is 40.2. The largest absolute Gasteiger partial charge is 0.497 e. The number of benzene rings is 7. The lowest BCUT2D eigenvalue weighted by Crippen LogP contribution is -2.55. The summed E-state index contributed by atoms with van der Waals surface area (Å²) in [6, 6.07) is 38.7. The number of amides is 8. The zero-order valence-corrected chi connectivity index (χ0v) is 63.9. The van der Waals surface area contributed by atoms with Gasteiger partial charge in [-0.05, 0) is 145 Å². The Hall–Kier alpha value is -12.2. The lowest BCUT2D eigenvalue weighted by molar-refractivity contribution is -0.132. The summed E-state index contributed by atoms with van der Waals surface area (Å²) in [5.74, 6) is -1.84. The van der Waals surface area contributed by atoms with Gasteiger partial charge in [0, 0.05) is 85.8 Å². The van der Waals surface area contributed by atoms with Crippen LogP contribution < -0.4 is 65.4 Å². The van der Waals surface area contributed by atoms with Gasteiger partial charge in [0.1, 0.15) is 30.1 Å². The van der Waals surface area contributed by atoms with Crippen LogP contribution in [0.4, 0.5) is 27.5 Å². The molecule has 7 N–H and O–H groups in total. The van der Waals surface area contributed by atoms with E-state index in [2.05, 4.69) is 77.6 Å². The first-order valence-corrected chi connectivity index (χ1v) is 37.9. The first-order valence-electron chi connectivity index (χ1n) is 37.9. The highest BCUT2D eigenvalue weighted by Crippen LogP contribution is 2.57. The van der Waals surface area contributed by atoms with Crippen molar-refractivity contribution in [3.8, 4) is 51.3 Å². The second-order valence-electron chi connectivity index (χ2n) is 30.0. The molecule has 0 bridgehead atoms. The minimum Gasteiger partial charge on any atom is -0.497 e. The molecule has 1 saturated heterocycles. The number of carbonyl (C=O) groups is 8. The van der Waals surface area contributed by atoms with E-state index in [1.165, 1.54) is 37.3 Å². The van der Waals surface area contributed by atoms with E-state index in [4.69, 9.17) is 28.4 Å². The highest BCUT2D eigenvalue weighted by atomic mass is 16.6.